The van der Waals surface area contributed by atoms with E-state index >= 15 is 0 Å². The second-order valence-electron chi connectivity index (χ2n) is 5.62. The predicted octanol–water partition coefficient (Wildman–Crippen LogP) is 2.06. The molecule has 1 heterocycles. The SMILES string of the molecule is CC(c1cccs1)N(C)S(=O)(=O)N(C)CCCNC1CC1. The number of hydrogen-bond acceptors (Lipinski definition) is 4. The molecule has 0 saturated heterocycles. The molecule has 0 radical (unpaired) electrons. The standard InChI is InChI=1S/C14H25N3O2S2/c1-12(14-6-4-11-20-14)17(3)21(18,19)16(2)10-5-9-15-13-7-8-13/h4,6,11-13,15H,5,7-10H2,1-3H3. The van der Waals surface area contributed by atoms with E-state index < -0.39 is 10.2 Å². The van der Waals surface area contributed by atoms with Gasteiger partial charge in [0.15, 0.2) is 0 Å². The Morgan fingerprint density at radius 3 is 2.71 bits per heavy atom. The summed E-state index contributed by atoms with van der Waals surface area (Å²) in [4.78, 5) is 1.06. The van der Waals surface area contributed by atoms with E-state index in [0.29, 0.717) is 12.6 Å². The third kappa shape index (κ3) is 4.50. The van der Waals surface area contributed by atoms with Crippen LogP contribution >= 0.6 is 11.3 Å². The summed E-state index contributed by atoms with van der Waals surface area (Å²) in [6, 6.07) is 4.46. The molecule has 1 aromatic rings. The molecule has 21 heavy (non-hydrogen) atoms. The third-order valence-corrected chi connectivity index (χ3v) is 6.98. The van der Waals surface area contributed by atoms with Gasteiger partial charge in [-0.15, -0.1) is 11.3 Å². The highest BCUT2D eigenvalue weighted by atomic mass is 32.2. The van der Waals surface area contributed by atoms with E-state index in [9.17, 15) is 8.42 Å². The topological polar surface area (TPSA) is 52.7 Å². The Labute approximate surface area is 132 Å². The molecule has 1 aromatic heterocycles. The minimum absolute atomic E-state index is 0.137. The maximum Gasteiger partial charge on any atom is 0.282 e. The summed E-state index contributed by atoms with van der Waals surface area (Å²) in [6.45, 7) is 3.35. The van der Waals surface area contributed by atoms with Crippen molar-refractivity contribution >= 4 is 21.5 Å². The van der Waals surface area contributed by atoms with Crippen molar-refractivity contribution in [1.82, 2.24) is 13.9 Å². The number of hydrogen-bond donors (Lipinski definition) is 1. The first-order chi connectivity index (χ1) is 9.93. The number of nitrogens with zero attached hydrogens (tertiary/aromatic N) is 2. The van der Waals surface area contributed by atoms with E-state index in [2.05, 4.69) is 5.32 Å². The highest BCUT2D eigenvalue weighted by Gasteiger charge is 2.28. The normalized spacial score (nSPS) is 17.6. The predicted molar refractivity (Wildman–Crippen MR) is 87.7 cm³/mol. The van der Waals surface area contributed by atoms with Crippen LogP contribution in [0, 0.1) is 0 Å². The van der Waals surface area contributed by atoms with Crippen LogP contribution in [0.5, 0.6) is 0 Å². The summed E-state index contributed by atoms with van der Waals surface area (Å²) in [5, 5.41) is 5.38. The maximum atomic E-state index is 12.5. The van der Waals surface area contributed by atoms with Crippen LogP contribution in [0.1, 0.15) is 37.1 Å². The van der Waals surface area contributed by atoms with Gasteiger partial charge < -0.3 is 5.32 Å². The van der Waals surface area contributed by atoms with Crippen LogP contribution in [-0.4, -0.2) is 50.3 Å². The van der Waals surface area contributed by atoms with Crippen LogP contribution in [0.4, 0.5) is 0 Å². The van der Waals surface area contributed by atoms with Crippen LogP contribution < -0.4 is 5.32 Å². The van der Waals surface area contributed by atoms with Crippen molar-refractivity contribution in [1.29, 1.82) is 0 Å². The molecular weight excluding hydrogens is 306 g/mol. The summed E-state index contributed by atoms with van der Waals surface area (Å²) in [5.74, 6) is 0. The molecule has 0 bridgehead atoms. The van der Waals surface area contributed by atoms with Gasteiger partial charge in [-0.1, -0.05) is 6.07 Å². The average molecular weight is 332 g/mol. The molecule has 1 fully saturated rings. The number of rotatable bonds is 9. The van der Waals surface area contributed by atoms with Crippen molar-refractivity contribution in [3.63, 3.8) is 0 Å². The zero-order valence-corrected chi connectivity index (χ0v) is 14.6. The largest absolute Gasteiger partial charge is 0.314 e. The van der Waals surface area contributed by atoms with Crippen LogP contribution in [-0.2, 0) is 10.2 Å². The monoisotopic (exact) mass is 331 g/mol. The van der Waals surface area contributed by atoms with Crippen LogP contribution in [0.2, 0.25) is 0 Å². The van der Waals surface area contributed by atoms with E-state index in [4.69, 9.17) is 0 Å². The maximum absolute atomic E-state index is 12.5. The zero-order valence-electron chi connectivity index (χ0n) is 12.9. The molecule has 120 valence electrons. The summed E-state index contributed by atoms with van der Waals surface area (Å²) < 4.78 is 28.0. The first-order valence-electron chi connectivity index (χ1n) is 7.39. The second kappa shape index (κ2) is 7.19. The van der Waals surface area contributed by atoms with Gasteiger partial charge in [-0.05, 0) is 44.2 Å². The van der Waals surface area contributed by atoms with Crippen molar-refractivity contribution in [2.45, 2.75) is 38.3 Å². The minimum Gasteiger partial charge on any atom is -0.314 e. The van der Waals surface area contributed by atoms with Crippen molar-refractivity contribution < 1.29 is 8.42 Å². The molecule has 1 aliphatic rings. The van der Waals surface area contributed by atoms with Crippen LogP contribution in [0.15, 0.2) is 17.5 Å². The molecule has 5 nitrogen and oxygen atoms in total. The lowest BCUT2D eigenvalue weighted by molar-refractivity contribution is 0.349. The Bertz CT molecular complexity index is 526. The van der Waals surface area contributed by atoms with Gasteiger partial charge in [-0.2, -0.15) is 17.0 Å². The van der Waals surface area contributed by atoms with Crippen molar-refractivity contribution in [3.05, 3.63) is 22.4 Å². The van der Waals surface area contributed by atoms with Crippen molar-refractivity contribution in [3.8, 4) is 0 Å². The van der Waals surface area contributed by atoms with Gasteiger partial charge in [-0.25, -0.2) is 0 Å². The lowest BCUT2D eigenvalue weighted by atomic mass is 10.3. The smallest absolute Gasteiger partial charge is 0.282 e. The fraction of sp³-hybridized carbons (Fsp3) is 0.714. The molecular formula is C14H25N3O2S2. The summed E-state index contributed by atoms with van der Waals surface area (Å²) in [7, 11) is -0.0955. The minimum atomic E-state index is -3.40. The van der Waals surface area contributed by atoms with Gasteiger partial charge >= 0.3 is 0 Å². The molecule has 1 N–H and O–H groups in total. The summed E-state index contributed by atoms with van der Waals surface area (Å²) in [6.07, 6.45) is 3.36. The van der Waals surface area contributed by atoms with Crippen molar-refractivity contribution in [2.75, 3.05) is 27.2 Å². The summed E-state index contributed by atoms with van der Waals surface area (Å²) in [5.41, 5.74) is 0. The summed E-state index contributed by atoms with van der Waals surface area (Å²) >= 11 is 1.58. The zero-order chi connectivity index (χ0) is 15.5. The Hall–Kier alpha value is -0.470. The second-order valence-corrected chi connectivity index (χ2v) is 8.69. The van der Waals surface area contributed by atoms with E-state index in [-0.39, 0.29) is 6.04 Å². The Morgan fingerprint density at radius 2 is 2.14 bits per heavy atom. The first-order valence-corrected chi connectivity index (χ1v) is 9.66. The van der Waals surface area contributed by atoms with Gasteiger partial charge in [0.25, 0.3) is 10.2 Å². The van der Waals surface area contributed by atoms with Gasteiger partial charge in [0.05, 0.1) is 6.04 Å². The lowest BCUT2D eigenvalue weighted by Crippen LogP contribution is -2.41. The molecule has 0 amide bonds. The van der Waals surface area contributed by atoms with Gasteiger partial charge in [0.2, 0.25) is 0 Å². The molecule has 2 rings (SSSR count). The van der Waals surface area contributed by atoms with Crippen molar-refractivity contribution in [2.24, 2.45) is 0 Å². The fourth-order valence-electron chi connectivity index (χ4n) is 2.14. The fourth-order valence-corrected chi connectivity index (χ4v) is 4.34. The quantitative estimate of drug-likeness (QED) is 0.705. The van der Waals surface area contributed by atoms with Gasteiger partial charge in [0.1, 0.15) is 0 Å². The lowest BCUT2D eigenvalue weighted by Gasteiger charge is -2.28. The van der Waals surface area contributed by atoms with Gasteiger partial charge in [0, 0.05) is 31.6 Å². The molecule has 1 aliphatic carbocycles. The number of nitrogens with one attached hydrogen (secondary N) is 1. The van der Waals surface area contributed by atoms with E-state index in [0.717, 1.165) is 17.8 Å². The van der Waals surface area contributed by atoms with Crippen LogP contribution in [0.25, 0.3) is 0 Å². The molecule has 1 atom stereocenters. The first kappa shape index (κ1) is 16.9. The molecule has 1 unspecified atom stereocenters. The highest BCUT2D eigenvalue weighted by molar-refractivity contribution is 7.86. The average Bonchev–Trinajstić information content (AvgIpc) is 3.12. The Balaban J connectivity index is 1.85. The number of thiophene rings is 1. The Kier molecular flexibility index (Phi) is 5.79. The molecule has 0 aliphatic heterocycles. The molecule has 0 aromatic carbocycles. The van der Waals surface area contributed by atoms with Gasteiger partial charge in [-0.3, -0.25) is 0 Å². The molecule has 0 spiro atoms. The van der Waals surface area contributed by atoms with E-state index in [1.165, 1.54) is 21.5 Å². The van der Waals surface area contributed by atoms with Crippen LogP contribution in [0.3, 0.4) is 0 Å². The Morgan fingerprint density at radius 1 is 1.43 bits per heavy atom. The highest BCUT2D eigenvalue weighted by Crippen LogP contribution is 2.26. The molecule has 7 heteroatoms. The van der Waals surface area contributed by atoms with E-state index in [1.54, 1.807) is 25.4 Å². The molecule has 1 saturated carbocycles. The third-order valence-electron chi connectivity index (χ3n) is 3.92. The van der Waals surface area contributed by atoms with E-state index in [1.807, 2.05) is 24.4 Å².